The Morgan fingerprint density at radius 3 is 2.07 bits per heavy atom. The fourth-order valence-corrected chi connectivity index (χ4v) is 5.53. The van der Waals surface area contributed by atoms with Gasteiger partial charge in [0.2, 0.25) is 0 Å². The molecule has 0 spiro atoms. The van der Waals surface area contributed by atoms with Gasteiger partial charge in [0.05, 0.1) is 23.0 Å². The molecule has 152 valence electrons. The lowest BCUT2D eigenvalue weighted by Crippen LogP contribution is -2.42. The summed E-state index contributed by atoms with van der Waals surface area (Å²) in [5.41, 5.74) is 7.59. The average molecular weight is 388 g/mol. The Morgan fingerprint density at radius 1 is 0.931 bits per heavy atom. The third-order valence-electron chi connectivity index (χ3n) is 8.59. The summed E-state index contributed by atoms with van der Waals surface area (Å²) in [4.78, 5) is 4.83. The molecule has 0 N–H and O–H groups in total. The maximum Gasteiger partial charge on any atom is 0.106 e. The SMILES string of the molecule is CCC1N(C)c2cc3c(cc2N1c1cccc(C#N)c1)C(C)(C)C(C)(C)C3(C)C. The van der Waals surface area contributed by atoms with Gasteiger partial charge in [-0.05, 0) is 64.1 Å². The lowest BCUT2D eigenvalue weighted by Gasteiger charge is -2.44. The Bertz CT molecular complexity index is 1020. The summed E-state index contributed by atoms with van der Waals surface area (Å²) in [6.07, 6.45) is 1.26. The molecule has 1 atom stereocenters. The number of nitrogens with zero attached hydrogens (tertiary/aromatic N) is 3. The van der Waals surface area contributed by atoms with Crippen LogP contribution >= 0.6 is 0 Å². The van der Waals surface area contributed by atoms with Crippen LogP contribution in [0.25, 0.3) is 0 Å². The normalized spacial score (nSPS) is 22.9. The fourth-order valence-electron chi connectivity index (χ4n) is 5.53. The van der Waals surface area contributed by atoms with Crippen LogP contribution in [0.15, 0.2) is 36.4 Å². The first-order valence-electron chi connectivity index (χ1n) is 10.7. The quantitative estimate of drug-likeness (QED) is 0.591. The highest BCUT2D eigenvalue weighted by Crippen LogP contribution is 2.63. The van der Waals surface area contributed by atoms with Gasteiger partial charge in [-0.15, -0.1) is 0 Å². The van der Waals surface area contributed by atoms with E-state index in [1.54, 1.807) is 0 Å². The molecule has 1 unspecified atom stereocenters. The number of hydrogen-bond donors (Lipinski definition) is 0. The highest BCUT2D eigenvalue weighted by molar-refractivity contribution is 5.86. The van der Waals surface area contributed by atoms with E-state index in [1.165, 1.54) is 22.5 Å². The molecule has 0 amide bonds. The molecule has 0 saturated heterocycles. The van der Waals surface area contributed by atoms with Crippen LogP contribution in [-0.4, -0.2) is 13.2 Å². The Kier molecular flexibility index (Phi) is 4.11. The molecule has 2 aromatic rings. The highest BCUT2D eigenvalue weighted by Gasteiger charge is 2.57. The van der Waals surface area contributed by atoms with Gasteiger partial charge in [0, 0.05) is 12.7 Å². The van der Waals surface area contributed by atoms with Gasteiger partial charge in [-0.3, -0.25) is 0 Å². The van der Waals surface area contributed by atoms with Gasteiger partial charge < -0.3 is 9.80 Å². The zero-order valence-corrected chi connectivity index (χ0v) is 19.1. The Labute approximate surface area is 175 Å². The van der Waals surface area contributed by atoms with Crippen LogP contribution in [0.3, 0.4) is 0 Å². The summed E-state index contributed by atoms with van der Waals surface area (Å²) in [6.45, 7) is 16.6. The highest BCUT2D eigenvalue weighted by atomic mass is 15.4. The zero-order chi connectivity index (χ0) is 21.4. The van der Waals surface area contributed by atoms with Gasteiger partial charge in [0.1, 0.15) is 6.17 Å². The number of nitriles is 1. The summed E-state index contributed by atoms with van der Waals surface area (Å²) in [5.74, 6) is 0. The van der Waals surface area contributed by atoms with Crippen LogP contribution in [0, 0.1) is 16.7 Å². The van der Waals surface area contributed by atoms with Crippen LogP contribution in [0.4, 0.5) is 17.1 Å². The summed E-state index contributed by atoms with van der Waals surface area (Å²) >= 11 is 0. The molecule has 1 aliphatic carbocycles. The van der Waals surface area contributed by atoms with E-state index in [2.05, 4.69) is 89.6 Å². The van der Waals surface area contributed by atoms with E-state index in [-0.39, 0.29) is 22.4 Å². The largest absolute Gasteiger partial charge is 0.352 e. The number of rotatable bonds is 2. The molecule has 3 nitrogen and oxygen atoms in total. The first-order chi connectivity index (χ1) is 13.5. The Balaban J connectivity index is 1.97. The van der Waals surface area contributed by atoms with E-state index in [9.17, 15) is 5.26 Å². The number of hydrogen-bond acceptors (Lipinski definition) is 3. The van der Waals surface area contributed by atoms with Gasteiger partial charge in [-0.1, -0.05) is 54.5 Å². The molecular formula is C26H33N3. The molecule has 3 heteroatoms. The van der Waals surface area contributed by atoms with Crippen LogP contribution in [-0.2, 0) is 10.8 Å². The summed E-state index contributed by atoms with van der Waals surface area (Å²) in [7, 11) is 2.20. The number of anilines is 3. The number of fused-ring (bicyclic) bond motifs is 2. The molecular weight excluding hydrogens is 354 g/mol. The number of benzene rings is 2. The van der Waals surface area contributed by atoms with Gasteiger partial charge in [-0.2, -0.15) is 5.26 Å². The molecule has 0 aromatic heterocycles. The minimum atomic E-state index is 0.0733. The summed E-state index contributed by atoms with van der Waals surface area (Å²) < 4.78 is 0. The molecule has 0 bridgehead atoms. The van der Waals surface area contributed by atoms with Crippen LogP contribution in [0.5, 0.6) is 0 Å². The molecule has 1 heterocycles. The van der Waals surface area contributed by atoms with Gasteiger partial charge in [-0.25, -0.2) is 0 Å². The van der Waals surface area contributed by atoms with E-state index < -0.39 is 0 Å². The predicted octanol–water partition coefficient (Wildman–Crippen LogP) is 6.48. The van der Waals surface area contributed by atoms with E-state index >= 15 is 0 Å². The molecule has 0 saturated carbocycles. The van der Waals surface area contributed by atoms with E-state index in [0.29, 0.717) is 5.56 Å². The zero-order valence-electron chi connectivity index (χ0n) is 19.1. The minimum absolute atomic E-state index is 0.0733. The molecule has 2 aliphatic rings. The van der Waals surface area contributed by atoms with Crippen molar-refractivity contribution >= 4 is 17.1 Å². The van der Waals surface area contributed by atoms with Crippen molar-refractivity contribution in [2.24, 2.45) is 5.41 Å². The summed E-state index contributed by atoms with van der Waals surface area (Å²) in [6, 6.07) is 15.2. The third-order valence-corrected chi connectivity index (χ3v) is 8.59. The summed E-state index contributed by atoms with van der Waals surface area (Å²) in [5, 5.41) is 9.41. The topological polar surface area (TPSA) is 30.3 Å². The van der Waals surface area contributed by atoms with E-state index in [0.717, 1.165) is 12.1 Å². The Hall–Kier alpha value is -2.47. The average Bonchev–Trinajstić information content (AvgIpc) is 3.02. The van der Waals surface area contributed by atoms with Crippen molar-refractivity contribution in [1.29, 1.82) is 5.26 Å². The second-order valence-corrected chi connectivity index (χ2v) is 10.3. The van der Waals surface area contributed by atoms with Crippen molar-refractivity contribution in [2.75, 3.05) is 16.8 Å². The molecule has 2 aromatic carbocycles. The monoisotopic (exact) mass is 387 g/mol. The fraction of sp³-hybridized carbons (Fsp3) is 0.500. The van der Waals surface area contributed by atoms with Crippen molar-refractivity contribution in [3.8, 4) is 6.07 Å². The first kappa shape index (κ1) is 19.8. The van der Waals surface area contributed by atoms with Crippen molar-refractivity contribution in [3.05, 3.63) is 53.1 Å². The lowest BCUT2D eigenvalue weighted by molar-refractivity contribution is 0.125. The van der Waals surface area contributed by atoms with Crippen molar-refractivity contribution in [2.45, 2.75) is 71.9 Å². The maximum atomic E-state index is 9.41. The van der Waals surface area contributed by atoms with E-state index in [1.807, 2.05) is 18.2 Å². The van der Waals surface area contributed by atoms with E-state index in [4.69, 9.17) is 0 Å². The lowest BCUT2D eigenvalue weighted by atomic mass is 9.59. The molecule has 29 heavy (non-hydrogen) atoms. The smallest absolute Gasteiger partial charge is 0.106 e. The molecule has 4 rings (SSSR count). The van der Waals surface area contributed by atoms with Crippen LogP contribution in [0.1, 0.15) is 71.6 Å². The van der Waals surface area contributed by atoms with Crippen LogP contribution in [0.2, 0.25) is 0 Å². The van der Waals surface area contributed by atoms with Crippen LogP contribution < -0.4 is 9.80 Å². The second-order valence-electron chi connectivity index (χ2n) is 10.3. The maximum absolute atomic E-state index is 9.41. The van der Waals surface area contributed by atoms with Gasteiger partial charge >= 0.3 is 0 Å². The molecule has 1 aliphatic heterocycles. The van der Waals surface area contributed by atoms with Crippen molar-refractivity contribution in [1.82, 2.24) is 0 Å². The minimum Gasteiger partial charge on any atom is -0.352 e. The second kappa shape index (κ2) is 6.02. The van der Waals surface area contributed by atoms with Gasteiger partial charge in [0.25, 0.3) is 0 Å². The molecule has 0 fully saturated rings. The third kappa shape index (κ3) is 2.35. The van der Waals surface area contributed by atoms with Crippen molar-refractivity contribution in [3.63, 3.8) is 0 Å². The van der Waals surface area contributed by atoms with Gasteiger partial charge in [0.15, 0.2) is 0 Å². The standard InChI is InChI=1S/C26H33N3/c1-9-23-28(8)21-14-19-20(25(4,5)26(6,7)24(19,2)3)15-22(21)29(23)18-12-10-11-17(13-18)16-27/h10-15,23H,9H2,1-8H3. The van der Waals surface area contributed by atoms with Crippen molar-refractivity contribution < 1.29 is 0 Å². The first-order valence-corrected chi connectivity index (χ1v) is 10.7. The molecule has 0 radical (unpaired) electrons. The predicted molar refractivity (Wildman–Crippen MR) is 122 cm³/mol. The Morgan fingerprint density at radius 2 is 1.52 bits per heavy atom.